The standard InChI is InChI=1S/C12H17NO/c1-3-10-7-11(10)8-13-5-4-9(2)6-12(13)14/h4-6,10-11H,3,7-8H2,1-2H3/t10-,11+/m1/s1. The van der Waals surface area contributed by atoms with Crippen LogP contribution in [0.1, 0.15) is 25.3 Å². The first-order valence-electron chi connectivity index (χ1n) is 5.37. The van der Waals surface area contributed by atoms with Crippen molar-refractivity contribution in [2.24, 2.45) is 11.8 Å². The molecule has 0 aliphatic heterocycles. The summed E-state index contributed by atoms with van der Waals surface area (Å²) in [4.78, 5) is 11.6. The Balaban J connectivity index is 2.07. The van der Waals surface area contributed by atoms with Crippen molar-refractivity contribution >= 4 is 0 Å². The molecule has 1 aromatic heterocycles. The third-order valence-corrected chi connectivity index (χ3v) is 3.18. The number of aryl methyl sites for hydroxylation is 1. The van der Waals surface area contributed by atoms with Gasteiger partial charge in [-0.15, -0.1) is 0 Å². The monoisotopic (exact) mass is 191 g/mol. The number of hydrogen-bond donors (Lipinski definition) is 0. The van der Waals surface area contributed by atoms with Gasteiger partial charge in [-0.2, -0.15) is 0 Å². The Morgan fingerprint density at radius 2 is 2.29 bits per heavy atom. The smallest absolute Gasteiger partial charge is 0.250 e. The first-order valence-corrected chi connectivity index (χ1v) is 5.37. The number of hydrogen-bond acceptors (Lipinski definition) is 1. The number of aromatic nitrogens is 1. The zero-order valence-electron chi connectivity index (χ0n) is 8.86. The molecular formula is C12H17NO. The summed E-state index contributed by atoms with van der Waals surface area (Å²) in [5.74, 6) is 1.61. The van der Waals surface area contributed by atoms with Crippen molar-refractivity contribution in [3.63, 3.8) is 0 Å². The average Bonchev–Trinajstić information content (AvgIpc) is 2.89. The molecule has 2 heteroatoms. The van der Waals surface area contributed by atoms with Gasteiger partial charge in [0.1, 0.15) is 0 Å². The normalized spacial score (nSPS) is 25.0. The Morgan fingerprint density at radius 3 is 2.86 bits per heavy atom. The van der Waals surface area contributed by atoms with Crippen LogP contribution < -0.4 is 5.56 Å². The van der Waals surface area contributed by atoms with Gasteiger partial charge in [0.2, 0.25) is 0 Å². The molecule has 0 bridgehead atoms. The fourth-order valence-electron chi connectivity index (χ4n) is 2.04. The van der Waals surface area contributed by atoms with Crippen LogP contribution in [0.25, 0.3) is 0 Å². The maximum atomic E-state index is 11.6. The van der Waals surface area contributed by atoms with Gasteiger partial charge >= 0.3 is 0 Å². The minimum atomic E-state index is 0.145. The average molecular weight is 191 g/mol. The van der Waals surface area contributed by atoms with Crippen molar-refractivity contribution in [1.82, 2.24) is 4.57 Å². The molecule has 1 aliphatic rings. The van der Waals surface area contributed by atoms with E-state index in [-0.39, 0.29) is 5.56 Å². The van der Waals surface area contributed by atoms with E-state index in [4.69, 9.17) is 0 Å². The van der Waals surface area contributed by atoms with Gasteiger partial charge in [-0.25, -0.2) is 0 Å². The molecule has 1 saturated carbocycles. The summed E-state index contributed by atoms with van der Waals surface area (Å²) in [6.07, 6.45) is 4.48. The summed E-state index contributed by atoms with van der Waals surface area (Å²) in [6, 6.07) is 3.72. The van der Waals surface area contributed by atoms with Crippen LogP contribution in [0.5, 0.6) is 0 Å². The molecule has 76 valence electrons. The van der Waals surface area contributed by atoms with E-state index >= 15 is 0 Å². The minimum Gasteiger partial charge on any atom is -0.315 e. The fraction of sp³-hybridized carbons (Fsp3) is 0.583. The number of rotatable bonds is 3. The molecule has 1 fully saturated rings. The van der Waals surface area contributed by atoms with Gasteiger partial charge in [-0.05, 0) is 36.8 Å². The molecule has 0 N–H and O–H groups in total. The first kappa shape index (κ1) is 9.50. The molecule has 2 nitrogen and oxygen atoms in total. The van der Waals surface area contributed by atoms with Crippen LogP contribution in [0.15, 0.2) is 23.1 Å². The van der Waals surface area contributed by atoms with Crippen molar-refractivity contribution in [2.45, 2.75) is 33.2 Å². The zero-order valence-corrected chi connectivity index (χ0v) is 8.86. The lowest BCUT2D eigenvalue weighted by Crippen LogP contribution is -2.19. The summed E-state index contributed by atoms with van der Waals surface area (Å²) in [7, 11) is 0. The molecular weight excluding hydrogens is 174 g/mol. The lowest BCUT2D eigenvalue weighted by molar-refractivity contribution is 0.556. The van der Waals surface area contributed by atoms with E-state index in [2.05, 4.69) is 6.92 Å². The van der Waals surface area contributed by atoms with E-state index in [1.807, 2.05) is 23.8 Å². The minimum absolute atomic E-state index is 0.145. The fourth-order valence-corrected chi connectivity index (χ4v) is 2.04. The van der Waals surface area contributed by atoms with Crippen molar-refractivity contribution in [2.75, 3.05) is 0 Å². The van der Waals surface area contributed by atoms with E-state index in [1.165, 1.54) is 12.8 Å². The molecule has 1 aromatic rings. The Kier molecular flexibility index (Phi) is 2.44. The van der Waals surface area contributed by atoms with Crippen molar-refractivity contribution in [3.8, 4) is 0 Å². The molecule has 2 atom stereocenters. The van der Waals surface area contributed by atoms with Gasteiger partial charge in [-0.3, -0.25) is 4.79 Å². The van der Waals surface area contributed by atoms with E-state index < -0.39 is 0 Å². The first-order chi connectivity index (χ1) is 6.70. The molecule has 0 spiro atoms. The van der Waals surface area contributed by atoms with Crippen molar-refractivity contribution < 1.29 is 0 Å². The zero-order chi connectivity index (χ0) is 10.1. The quantitative estimate of drug-likeness (QED) is 0.718. The van der Waals surface area contributed by atoms with E-state index in [0.29, 0.717) is 0 Å². The summed E-state index contributed by atoms with van der Waals surface area (Å²) in [5.41, 5.74) is 1.20. The molecule has 14 heavy (non-hydrogen) atoms. The van der Waals surface area contributed by atoms with Gasteiger partial charge in [-0.1, -0.05) is 13.3 Å². The van der Waals surface area contributed by atoms with Gasteiger partial charge in [0.05, 0.1) is 0 Å². The summed E-state index contributed by atoms with van der Waals surface area (Å²) < 4.78 is 1.84. The van der Waals surface area contributed by atoms with E-state index in [0.717, 1.165) is 23.9 Å². The summed E-state index contributed by atoms with van der Waals surface area (Å²) in [6.45, 7) is 5.10. The van der Waals surface area contributed by atoms with Gasteiger partial charge in [0.15, 0.2) is 0 Å². The summed E-state index contributed by atoms with van der Waals surface area (Å²) in [5, 5.41) is 0. The molecule has 0 unspecified atom stereocenters. The highest BCUT2D eigenvalue weighted by atomic mass is 16.1. The second-order valence-corrected chi connectivity index (χ2v) is 4.36. The molecule has 1 aliphatic carbocycles. The lowest BCUT2D eigenvalue weighted by Gasteiger charge is -2.04. The van der Waals surface area contributed by atoms with Gasteiger partial charge in [0, 0.05) is 18.8 Å². The van der Waals surface area contributed by atoms with Crippen LogP contribution in [0.3, 0.4) is 0 Å². The highest BCUT2D eigenvalue weighted by molar-refractivity contribution is 5.08. The van der Waals surface area contributed by atoms with Crippen LogP contribution in [-0.4, -0.2) is 4.57 Å². The lowest BCUT2D eigenvalue weighted by atomic mass is 10.2. The Hall–Kier alpha value is -1.05. The highest BCUT2D eigenvalue weighted by Crippen LogP contribution is 2.41. The molecule has 0 saturated heterocycles. The van der Waals surface area contributed by atoms with E-state index in [1.54, 1.807) is 6.07 Å². The topological polar surface area (TPSA) is 22.0 Å². The van der Waals surface area contributed by atoms with Crippen molar-refractivity contribution in [3.05, 3.63) is 34.2 Å². The molecule has 0 radical (unpaired) electrons. The van der Waals surface area contributed by atoms with E-state index in [9.17, 15) is 4.79 Å². The van der Waals surface area contributed by atoms with Crippen LogP contribution in [0.2, 0.25) is 0 Å². The van der Waals surface area contributed by atoms with Crippen LogP contribution >= 0.6 is 0 Å². The Labute approximate surface area is 84.6 Å². The second-order valence-electron chi connectivity index (χ2n) is 4.36. The summed E-state index contributed by atoms with van der Waals surface area (Å²) >= 11 is 0. The number of nitrogens with zero attached hydrogens (tertiary/aromatic N) is 1. The third-order valence-electron chi connectivity index (χ3n) is 3.18. The maximum absolute atomic E-state index is 11.6. The molecule has 1 heterocycles. The SMILES string of the molecule is CC[C@@H]1C[C@H]1Cn1ccc(C)cc1=O. The van der Waals surface area contributed by atoms with Crippen LogP contribution in [-0.2, 0) is 6.54 Å². The predicted octanol–water partition coefficient (Wildman–Crippen LogP) is 2.20. The highest BCUT2D eigenvalue weighted by Gasteiger charge is 2.35. The van der Waals surface area contributed by atoms with Crippen LogP contribution in [0.4, 0.5) is 0 Å². The largest absolute Gasteiger partial charge is 0.315 e. The Morgan fingerprint density at radius 1 is 1.50 bits per heavy atom. The molecule has 2 rings (SSSR count). The second kappa shape index (κ2) is 3.60. The maximum Gasteiger partial charge on any atom is 0.250 e. The van der Waals surface area contributed by atoms with Gasteiger partial charge in [0.25, 0.3) is 5.56 Å². The third kappa shape index (κ3) is 1.89. The van der Waals surface area contributed by atoms with Gasteiger partial charge < -0.3 is 4.57 Å². The van der Waals surface area contributed by atoms with Crippen molar-refractivity contribution in [1.29, 1.82) is 0 Å². The molecule has 0 amide bonds. The Bertz CT molecular complexity index is 380. The number of pyridine rings is 1. The predicted molar refractivity (Wildman–Crippen MR) is 57.3 cm³/mol. The van der Waals surface area contributed by atoms with Crippen LogP contribution in [0, 0.1) is 18.8 Å². The molecule has 0 aromatic carbocycles.